The molecule has 1 saturated carbocycles. The third-order valence-corrected chi connectivity index (χ3v) is 5.21. The highest BCUT2D eigenvalue weighted by molar-refractivity contribution is 5.73. The number of rotatable bonds is 4. The highest BCUT2D eigenvalue weighted by Gasteiger charge is 2.36. The smallest absolute Gasteiger partial charge is 0.141 e. The summed E-state index contributed by atoms with van der Waals surface area (Å²) in [5, 5.41) is 14.7. The molecule has 118 valence electrons. The first-order chi connectivity index (χ1) is 10.6. The molecular weight excluding hydrogens is 278 g/mol. The van der Waals surface area contributed by atoms with Crippen LogP contribution in [0, 0.1) is 25.7 Å². The molecule has 3 atom stereocenters. The average Bonchev–Trinajstić information content (AvgIpc) is 3.23. The van der Waals surface area contributed by atoms with E-state index >= 15 is 0 Å². The molecule has 1 saturated heterocycles. The van der Waals surface area contributed by atoms with E-state index in [-0.39, 0.29) is 6.10 Å². The zero-order valence-corrected chi connectivity index (χ0v) is 13.2. The van der Waals surface area contributed by atoms with Gasteiger partial charge < -0.3 is 14.4 Å². The van der Waals surface area contributed by atoms with E-state index in [9.17, 15) is 5.11 Å². The first kappa shape index (κ1) is 14.2. The van der Waals surface area contributed by atoms with E-state index in [2.05, 4.69) is 17.3 Å². The zero-order chi connectivity index (χ0) is 15.3. The summed E-state index contributed by atoms with van der Waals surface area (Å²) in [4.78, 5) is 0. The number of aryl methyl sites for hydroxylation is 2. The standard InChI is InChI=1S/C18H23NO3/c1-10-17(11(2)22-19-10)14-7-13(12-3-4-12)8-15(9-14)18(20)16-5-6-21-16/h8-9,12-13,16,18,20H,3-7H2,1-2H3. The lowest BCUT2D eigenvalue weighted by molar-refractivity contribution is -0.104. The van der Waals surface area contributed by atoms with Crippen LogP contribution in [0.3, 0.4) is 0 Å². The fourth-order valence-corrected chi connectivity index (χ4v) is 3.71. The van der Waals surface area contributed by atoms with Crippen molar-refractivity contribution >= 4 is 5.57 Å². The Kier molecular flexibility index (Phi) is 3.46. The molecule has 1 aliphatic heterocycles. The first-order valence-electron chi connectivity index (χ1n) is 8.28. The van der Waals surface area contributed by atoms with Crippen LogP contribution in [0.1, 0.15) is 42.7 Å². The van der Waals surface area contributed by atoms with Gasteiger partial charge >= 0.3 is 0 Å². The largest absolute Gasteiger partial charge is 0.386 e. The normalized spacial score (nSPS) is 29.6. The molecule has 0 spiro atoms. The van der Waals surface area contributed by atoms with E-state index in [1.54, 1.807) is 0 Å². The number of hydrogen-bond acceptors (Lipinski definition) is 4. The van der Waals surface area contributed by atoms with Gasteiger partial charge in [0.25, 0.3) is 0 Å². The second-order valence-electron chi connectivity index (χ2n) is 6.88. The van der Waals surface area contributed by atoms with Crippen molar-refractivity contribution in [3.05, 3.63) is 34.7 Å². The zero-order valence-electron chi connectivity index (χ0n) is 13.2. The molecule has 1 N–H and O–H groups in total. The van der Waals surface area contributed by atoms with Gasteiger partial charge in [-0.2, -0.15) is 0 Å². The van der Waals surface area contributed by atoms with Gasteiger partial charge in [0, 0.05) is 12.2 Å². The van der Waals surface area contributed by atoms with Gasteiger partial charge in [0.15, 0.2) is 0 Å². The Labute approximate surface area is 130 Å². The SMILES string of the molecule is Cc1noc(C)c1C1=CC(C(O)C2CCO2)=CC(C2CC2)C1. The van der Waals surface area contributed by atoms with Crippen LogP contribution < -0.4 is 0 Å². The van der Waals surface area contributed by atoms with Crippen LogP contribution in [0.25, 0.3) is 5.57 Å². The third kappa shape index (κ3) is 2.44. The minimum Gasteiger partial charge on any atom is -0.386 e. The molecule has 4 heteroatoms. The van der Waals surface area contributed by atoms with Crippen molar-refractivity contribution in [1.82, 2.24) is 5.16 Å². The molecule has 22 heavy (non-hydrogen) atoms. The second kappa shape index (κ2) is 5.36. The summed E-state index contributed by atoms with van der Waals surface area (Å²) < 4.78 is 10.8. The quantitative estimate of drug-likeness (QED) is 0.928. The van der Waals surface area contributed by atoms with E-state index in [4.69, 9.17) is 9.26 Å². The maximum absolute atomic E-state index is 10.6. The van der Waals surface area contributed by atoms with Crippen molar-refractivity contribution in [2.45, 2.75) is 51.7 Å². The molecule has 1 aromatic heterocycles. The van der Waals surface area contributed by atoms with E-state index in [0.717, 1.165) is 48.0 Å². The molecule has 2 aliphatic carbocycles. The molecule has 4 nitrogen and oxygen atoms in total. The van der Waals surface area contributed by atoms with Gasteiger partial charge in [0.05, 0.1) is 11.8 Å². The number of aliphatic hydroxyl groups excluding tert-OH is 1. The van der Waals surface area contributed by atoms with Gasteiger partial charge in [0.2, 0.25) is 0 Å². The Morgan fingerprint density at radius 2 is 2.05 bits per heavy atom. The highest BCUT2D eigenvalue weighted by Crippen LogP contribution is 2.46. The molecule has 2 heterocycles. The van der Waals surface area contributed by atoms with E-state index in [0.29, 0.717) is 5.92 Å². The molecule has 2 fully saturated rings. The summed E-state index contributed by atoms with van der Waals surface area (Å²) in [5.41, 5.74) is 4.33. The highest BCUT2D eigenvalue weighted by atomic mass is 16.5. The molecule has 0 radical (unpaired) electrons. The number of nitrogens with zero attached hydrogens (tertiary/aromatic N) is 1. The summed E-state index contributed by atoms with van der Waals surface area (Å²) in [6, 6.07) is 0. The summed E-state index contributed by atoms with van der Waals surface area (Å²) >= 11 is 0. The van der Waals surface area contributed by atoms with Crippen LogP contribution in [-0.4, -0.2) is 29.1 Å². The van der Waals surface area contributed by atoms with Crippen molar-refractivity contribution < 1.29 is 14.4 Å². The monoisotopic (exact) mass is 301 g/mol. The van der Waals surface area contributed by atoms with Gasteiger partial charge in [0.1, 0.15) is 11.9 Å². The van der Waals surface area contributed by atoms with E-state index in [1.807, 2.05) is 13.8 Å². The second-order valence-corrected chi connectivity index (χ2v) is 6.88. The number of ether oxygens (including phenoxy) is 1. The molecular formula is C18H23NO3. The molecule has 3 unspecified atom stereocenters. The van der Waals surface area contributed by atoms with Gasteiger partial charge in [-0.3, -0.25) is 0 Å². The lowest BCUT2D eigenvalue weighted by Crippen LogP contribution is -2.39. The Morgan fingerprint density at radius 1 is 1.27 bits per heavy atom. The fourth-order valence-electron chi connectivity index (χ4n) is 3.71. The van der Waals surface area contributed by atoms with Gasteiger partial charge in [-0.1, -0.05) is 17.3 Å². The summed E-state index contributed by atoms with van der Waals surface area (Å²) in [6.45, 7) is 4.72. The molecule has 0 amide bonds. The molecule has 4 rings (SSSR count). The first-order valence-corrected chi connectivity index (χ1v) is 8.28. The van der Waals surface area contributed by atoms with Crippen LogP contribution in [0.2, 0.25) is 0 Å². The van der Waals surface area contributed by atoms with Gasteiger partial charge in [-0.15, -0.1) is 0 Å². The summed E-state index contributed by atoms with van der Waals surface area (Å²) in [7, 11) is 0. The minimum atomic E-state index is -0.509. The number of allylic oxidation sites excluding steroid dienone is 2. The molecule has 0 aromatic carbocycles. The van der Waals surface area contributed by atoms with E-state index in [1.165, 1.54) is 18.4 Å². The minimum absolute atomic E-state index is 0.0358. The Bertz CT molecular complexity index is 615. The van der Waals surface area contributed by atoms with Crippen molar-refractivity contribution in [3.8, 4) is 0 Å². The predicted molar refractivity (Wildman–Crippen MR) is 83.2 cm³/mol. The van der Waals surface area contributed by atoms with Crippen molar-refractivity contribution in [2.75, 3.05) is 6.61 Å². The van der Waals surface area contributed by atoms with Crippen molar-refractivity contribution in [3.63, 3.8) is 0 Å². The van der Waals surface area contributed by atoms with Crippen LogP contribution in [0.5, 0.6) is 0 Å². The Balaban J connectivity index is 1.68. The fraction of sp³-hybridized carbons (Fsp3) is 0.611. The number of aliphatic hydroxyl groups is 1. The van der Waals surface area contributed by atoms with Crippen molar-refractivity contribution in [1.29, 1.82) is 0 Å². The van der Waals surface area contributed by atoms with Gasteiger partial charge in [-0.25, -0.2) is 0 Å². The molecule has 0 bridgehead atoms. The average molecular weight is 301 g/mol. The van der Waals surface area contributed by atoms with Crippen molar-refractivity contribution in [2.24, 2.45) is 11.8 Å². The van der Waals surface area contributed by atoms with Gasteiger partial charge in [-0.05, 0) is 62.5 Å². The number of hydrogen-bond donors (Lipinski definition) is 1. The Hall–Kier alpha value is -1.39. The number of aromatic nitrogens is 1. The van der Waals surface area contributed by atoms with Crippen LogP contribution >= 0.6 is 0 Å². The molecule has 3 aliphatic rings. The maximum atomic E-state index is 10.6. The van der Waals surface area contributed by atoms with E-state index < -0.39 is 6.10 Å². The predicted octanol–water partition coefficient (Wildman–Crippen LogP) is 3.18. The summed E-state index contributed by atoms with van der Waals surface area (Å²) in [6.07, 6.45) is 8.45. The maximum Gasteiger partial charge on any atom is 0.141 e. The lowest BCUT2D eigenvalue weighted by Gasteiger charge is -2.33. The Morgan fingerprint density at radius 3 is 2.59 bits per heavy atom. The van der Waals surface area contributed by atoms with Crippen LogP contribution in [-0.2, 0) is 4.74 Å². The summed E-state index contributed by atoms with van der Waals surface area (Å²) in [5.74, 6) is 2.17. The topological polar surface area (TPSA) is 55.5 Å². The third-order valence-electron chi connectivity index (χ3n) is 5.21. The van der Waals surface area contributed by atoms with Crippen LogP contribution in [0.15, 0.2) is 22.2 Å². The van der Waals surface area contributed by atoms with Crippen LogP contribution in [0.4, 0.5) is 0 Å². The molecule has 1 aromatic rings. The lowest BCUT2D eigenvalue weighted by atomic mass is 9.81.